The largest absolute Gasteiger partial charge is 0.0616 e. The Morgan fingerprint density at radius 1 is 0.222 bits per heavy atom. The molecule has 0 aliphatic rings. The second kappa shape index (κ2) is 14.4. The number of rotatable bonds is 6. The monoisotopic (exact) mass is 702 g/mol. The van der Waals surface area contributed by atoms with Crippen molar-refractivity contribution in [2.24, 2.45) is 0 Å². The molecule has 7 aromatic rings. The van der Waals surface area contributed by atoms with Gasteiger partial charge in [0.25, 0.3) is 0 Å². The molecule has 0 fully saturated rings. The van der Waals surface area contributed by atoms with Crippen LogP contribution in [0.15, 0.2) is 164 Å². The molecular weight excluding hydrogens is 649 g/mol. The van der Waals surface area contributed by atoms with Gasteiger partial charge in [-0.3, -0.25) is 0 Å². The molecule has 0 spiro atoms. The van der Waals surface area contributed by atoms with Gasteiger partial charge in [-0.05, 0) is 118 Å². The minimum Gasteiger partial charge on any atom is -0.0616 e. The highest BCUT2D eigenvalue weighted by Crippen LogP contribution is 2.43. The molecule has 0 N–H and O–H groups in total. The normalized spacial score (nSPS) is 12.2. The van der Waals surface area contributed by atoms with E-state index >= 15 is 0 Å². The van der Waals surface area contributed by atoms with Crippen molar-refractivity contribution >= 4 is 0 Å². The summed E-state index contributed by atoms with van der Waals surface area (Å²) in [5.74, 6) is 0. The molecule has 0 bridgehead atoms. The quantitative estimate of drug-likeness (QED) is 0.162. The van der Waals surface area contributed by atoms with Gasteiger partial charge in [0.1, 0.15) is 0 Å². The lowest BCUT2D eigenvalue weighted by Gasteiger charge is -2.21. The molecule has 0 heterocycles. The maximum absolute atomic E-state index is 2.40. The first-order valence-electron chi connectivity index (χ1n) is 19.4. The molecule has 7 rings (SSSR count). The van der Waals surface area contributed by atoms with Crippen LogP contribution in [0.25, 0.3) is 66.8 Å². The van der Waals surface area contributed by atoms with Crippen LogP contribution >= 0.6 is 0 Å². The average molecular weight is 703 g/mol. The zero-order chi connectivity index (χ0) is 38.3. The SMILES string of the molecule is CC(C)(C)c1ccc(-c2ccccc2-c2cc(-c3ccccc3-c3ccc(C(C)(C)C)cc3)cc(-c3ccccc3-c3ccc(C(C)(C)C)cc3)c2)cc1. The highest BCUT2D eigenvalue weighted by Gasteiger charge is 2.19. The minimum absolute atomic E-state index is 0.0994. The molecule has 54 heavy (non-hydrogen) atoms. The molecule has 7 aromatic carbocycles. The fourth-order valence-corrected chi connectivity index (χ4v) is 7.50. The van der Waals surface area contributed by atoms with Crippen LogP contribution in [0.3, 0.4) is 0 Å². The van der Waals surface area contributed by atoms with E-state index in [1.54, 1.807) is 0 Å². The molecule has 0 saturated carbocycles. The lowest BCUT2D eigenvalue weighted by atomic mass is 9.83. The Hall–Kier alpha value is -5.46. The van der Waals surface area contributed by atoms with Crippen molar-refractivity contribution < 1.29 is 0 Å². The lowest BCUT2D eigenvalue weighted by molar-refractivity contribution is 0.590. The van der Waals surface area contributed by atoms with Crippen molar-refractivity contribution in [3.63, 3.8) is 0 Å². The molecule has 0 aliphatic carbocycles. The van der Waals surface area contributed by atoms with E-state index in [-0.39, 0.29) is 16.2 Å². The highest BCUT2D eigenvalue weighted by atomic mass is 14.2. The lowest BCUT2D eigenvalue weighted by Crippen LogP contribution is -2.10. The van der Waals surface area contributed by atoms with Crippen LogP contribution < -0.4 is 0 Å². The third kappa shape index (κ3) is 7.76. The Morgan fingerprint density at radius 3 is 0.593 bits per heavy atom. The van der Waals surface area contributed by atoms with Crippen LogP contribution in [0.1, 0.15) is 79.0 Å². The van der Waals surface area contributed by atoms with E-state index in [9.17, 15) is 0 Å². The molecule has 0 aliphatic heterocycles. The minimum atomic E-state index is 0.0994. The van der Waals surface area contributed by atoms with Gasteiger partial charge in [0.2, 0.25) is 0 Å². The summed E-state index contributed by atoms with van der Waals surface area (Å²) >= 11 is 0. The summed E-state index contributed by atoms with van der Waals surface area (Å²) in [5, 5.41) is 0. The van der Waals surface area contributed by atoms with E-state index in [2.05, 4.69) is 226 Å². The van der Waals surface area contributed by atoms with Crippen LogP contribution in [0.4, 0.5) is 0 Å². The highest BCUT2D eigenvalue weighted by molar-refractivity contribution is 5.94. The van der Waals surface area contributed by atoms with Crippen LogP contribution in [-0.4, -0.2) is 0 Å². The predicted octanol–water partition coefficient (Wildman–Crippen LogP) is 15.6. The van der Waals surface area contributed by atoms with E-state index in [4.69, 9.17) is 0 Å². The molecule has 0 heteroatoms. The van der Waals surface area contributed by atoms with Gasteiger partial charge in [-0.1, -0.05) is 208 Å². The van der Waals surface area contributed by atoms with E-state index < -0.39 is 0 Å². The van der Waals surface area contributed by atoms with Crippen molar-refractivity contribution in [1.82, 2.24) is 0 Å². The second-order valence-corrected chi connectivity index (χ2v) is 17.9. The molecule has 0 atom stereocenters. The van der Waals surface area contributed by atoms with Crippen LogP contribution in [-0.2, 0) is 16.2 Å². The summed E-state index contributed by atoms with van der Waals surface area (Å²) in [5.41, 5.74) is 19.0. The summed E-state index contributed by atoms with van der Waals surface area (Å²) in [4.78, 5) is 0. The van der Waals surface area contributed by atoms with Gasteiger partial charge in [-0.15, -0.1) is 0 Å². The van der Waals surface area contributed by atoms with Gasteiger partial charge in [-0.2, -0.15) is 0 Å². The fraction of sp³-hybridized carbons (Fsp3) is 0.222. The first-order chi connectivity index (χ1) is 25.7. The Morgan fingerprint density at radius 2 is 0.407 bits per heavy atom. The maximum Gasteiger partial charge on any atom is -0.0105 e. The molecule has 0 unspecified atom stereocenters. The number of benzene rings is 7. The van der Waals surface area contributed by atoms with Crippen molar-refractivity contribution in [2.45, 2.75) is 78.6 Å². The predicted molar refractivity (Wildman–Crippen MR) is 235 cm³/mol. The molecule has 0 nitrogen and oxygen atoms in total. The van der Waals surface area contributed by atoms with Gasteiger partial charge in [0, 0.05) is 0 Å². The van der Waals surface area contributed by atoms with E-state index in [1.807, 2.05) is 0 Å². The third-order valence-corrected chi connectivity index (χ3v) is 10.8. The second-order valence-electron chi connectivity index (χ2n) is 17.9. The maximum atomic E-state index is 2.40. The summed E-state index contributed by atoms with van der Waals surface area (Å²) in [6.45, 7) is 20.5. The van der Waals surface area contributed by atoms with Gasteiger partial charge in [-0.25, -0.2) is 0 Å². The summed E-state index contributed by atoms with van der Waals surface area (Å²) in [7, 11) is 0. The standard InChI is InChI=1S/C54H54/c1-52(2,3)43-28-22-37(23-29-43)46-16-10-13-19-49(46)40-34-41(50-20-14-11-17-47(50)38-24-30-44(31-25-38)53(4,5)6)36-42(35-40)51-21-15-12-18-48(51)39-26-32-45(33-27-39)54(7,8)9/h10-36H,1-9H3. The number of hydrogen-bond acceptors (Lipinski definition) is 0. The van der Waals surface area contributed by atoms with E-state index in [0.717, 1.165) is 0 Å². The van der Waals surface area contributed by atoms with Crippen molar-refractivity contribution in [1.29, 1.82) is 0 Å². The molecule has 0 saturated heterocycles. The Bertz CT molecular complexity index is 2100. The third-order valence-electron chi connectivity index (χ3n) is 10.8. The smallest absolute Gasteiger partial charge is 0.0105 e. The summed E-state index contributed by atoms with van der Waals surface area (Å²) in [6, 6.07) is 61.3. The van der Waals surface area contributed by atoms with Crippen LogP contribution in [0.5, 0.6) is 0 Å². The Kier molecular flexibility index (Phi) is 9.84. The first-order valence-corrected chi connectivity index (χ1v) is 19.4. The summed E-state index contributed by atoms with van der Waals surface area (Å²) < 4.78 is 0. The van der Waals surface area contributed by atoms with Crippen molar-refractivity contribution in [2.75, 3.05) is 0 Å². The molecular formula is C54H54. The molecule has 0 aromatic heterocycles. The number of hydrogen-bond donors (Lipinski definition) is 0. The van der Waals surface area contributed by atoms with Crippen LogP contribution in [0.2, 0.25) is 0 Å². The zero-order valence-corrected chi connectivity index (χ0v) is 33.6. The zero-order valence-electron chi connectivity index (χ0n) is 33.6. The average Bonchev–Trinajstić information content (AvgIpc) is 3.17. The van der Waals surface area contributed by atoms with E-state index in [0.29, 0.717) is 0 Å². The first kappa shape index (κ1) is 36.9. The fourth-order valence-electron chi connectivity index (χ4n) is 7.50. The van der Waals surface area contributed by atoms with Crippen molar-refractivity contribution in [3.05, 3.63) is 180 Å². The Labute approximate surface area is 324 Å². The summed E-state index contributed by atoms with van der Waals surface area (Å²) in [6.07, 6.45) is 0. The molecule has 0 amide bonds. The molecule has 270 valence electrons. The Balaban J connectivity index is 1.43. The van der Waals surface area contributed by atoms with Gasteiger partial charge < -0.3 is 0 Å². The van der Waals surface area contributed by atoms with Crippen LogP contribution in [0, 0.1) is 0 Å². The van der Waals surface area contributed by atoms with Gasteiger partial charge in [0.05, 0.1) is 0 Å². The van der Waals surface area contributed by atoms with E-state index in [1.165, 1.54) is 83.5 Å². The van der Waals surface area contributed by atoms with Gasteiger partial charge in [0.15, 0.2) is 0 Å². The topological polar surface area (TPSA) is 0 Å². The molecule has 0 radical (unpaired) electrons. The van der Waals surface area contributed by atoms with Crippen molar-refractivity contribution in [3.8, 4) is 66.8 Å². The van der Waals surface area contributed by atoms with Gasteiger partial charge >= 0.3 is 0 Å².